The number of rotatable bonds is 8. The fraction of sp³-hybridized carbons (Fsp3) is 0.462. The van der Waals surface area contributed by atoms with Gasteiger partial charge in [0.1, 0.15) is 0 Å². The summed E-state index contributed by atoms with van der Waals surface area (Å²) in [6, 6.07) is 4.67. The highest BCUT2D eigenvalue weighted by molar-refractivity contribution is 5.70. The number of nitrogens with zero attached hydrogens (tertiary/aromatic N) is 1. The molecule has 7 heteroatoms. The Morgan fingerprint density at radius 3 is 2.45 bits per heavy atom. The van der Waals surface area contributed by atoms with Crippen molar-refractivity contribution in [3.63, 3.8) is 0 Å². The number of nitro groups is 1. The zero-order valence-electron chi connectivity index (χ0n) is 11.6. The summed E-state index contributed by atoms with van der Waals surface area (Å²) in [4.78, 5) is 21.6. The molecule has 0 unspecified atom stereocenters. The van der Waals surface area contributed by atoms with Crippen molar-refractivity contribution in [2.75, 3.05) is 30.3 Å². The molecule has 110 valence electrons. The van der Waals surface area contributed by atoms with Crippen LogP contribution in [0.2, 0.25) is 0 Å². The molecular weight excluding hydrogens is 262 g/mol. The summed E-state index contributed by atoms with van der Waals surface area (Å²) in [5, 5.41) is 16.9. The van der Waals surface area contributed by atoms with Crippen molar-refractivity contribution in [3.8, 4) is 0 Å². The van der Waals surface area contributed by atoms with Gasteiger partial charge in [0, 0.05) is 36.6 Å². The molecule has 1 aromatic carbocycles. The number of esters is 1. The monoisotopic (exact) mass is 281 g/mol. The van der Waals surface area contributed by atoms with Crippen LogP contribution >= 0.6 is 0 Å². The van der Waals surface area contributed by atoms with Crippen LogP contribution in [0, 0.1) is 10.1 Å². The lowest BCUT2D eigenvalue weighted by Crippen LogP contribution is -2.11. The number of nitrogens with one attached hydrogen (secondary N) is 2. The molecule has 0 saturated carbocycles. The average molecular weight is 281 g/mol. The van der Waals surface area contributed by atoms with Gasteiger partial charge in [0.05, 0.1) is 18.0 Å². The largest absolute Gasteiger partial charge is 0.466 e. The average Bonchev–Trinajstić information content (AvgIpc) is 2.39. The molecule has 0 aliphatic heterocycles. The van der Waals surface area contributed by atoms with Gasteiger partial charge < -0.3 is 15.4 Å². The molecule has 2 N–H and O–H groups in total. The first-order valence-corrected chi connectivity index (χ1v) is 6.49. The normalized spacial score (nSPS) is 9.90. The number of non-ortho nitro benzene ring substituents is 1. The third-order valence-electron chi connectivity index (χ3n) is 2.47. The molecule has 0 saturated heterocycles. The van der Waals surface area contributed by atoms with Crippen LogP contribution in [0.3, 0.4) is 0 Å². The summed E-state index contributed by atoms with van der Waals surface area (Å²) in [5.41, 5.74) is 1.27. The van der Waals surface area contributed by atoms with Gasteiger partial charge in [0.2, 0.25) is 0 Å². The Morgan fingerprint density at radius 1 is 1.25 bits per heavy atom. The maximum Gasteiger partial charge on any atom is 0.307 e. The van der Waals surface area contributed by atoms with Gasteiger partial charge in [-0.05, 0) is 19.9 Å². The van der Waals surface area contributed by atoms with Gasteiger partial charge in [-0.15, -0.1) is 0 Å². The van der Waals surface area contributed by atoms with Gasteiger partial charge in [-0.3, -0.25) is 14.9 Å². The predicted molar refractivity (Wildman–Crippen MR) is 77.0 cm³/mol. The van der Waals surface area contributed by atoms with Crippen molar-refractivity contribution < 1.29 is 14.5 Å². The van der Waals surface area contributed by atoms with E-state index >= 15 is 0 Å². The summed E-state index contributed by atoms with van der Waals surface area (Å²) in [5.74, 6) is -0.294. The number of carbonyl (C=O) groups excluding carboxylic acids is 1. The van der Waals surface area contributed by atoms with E-state index in [2.05, 4.69) is 10.6 Å². The lowest BCUT2D eigenvalue weighted by Gasteiger charge is -2.09. The van der Waals surface area contributed by atoms with E-state index in [1.165, 1.54) is 12.1 Å². The Balaban J connectivity index is 2.68. The van der Waals surface area contributed by atoms with Crippen LogP contribution in [0.5, 0.6) is 0 Å². The summed E-state index contributed by atoms with van der Waals surface area (Å²) in [6.45, 7) is 5.04. The fourth-order valence-electron chi connectivity index (χ4n) is 1.67. The van der Waals surface area contributed by atoms with E-state index in [1.807, 2.05) is 6.92 Å². The standard InChI is InChI=1S/C13H19N3O4/c1-3-14-10-7-11(9-12(8-10)16(18)19)15-6-5-13(17)20-4-2/h7-9,14-15H,3-6H2,1-2H3. The Hall–Kier alpha value is -2.31. The molecule has 0 aliphatic rings. The number of ether oxygens (including phenoxy) is 1. The van der Waals surface area contributed by atoms with Crippen LogP contribution in [-0.4, -0.2) is 30.6 Å². The van der Waals surface area contributed by atoms with Crippen molar-refractivity contribution in [1.82, 2.24) is 0 Å². The number of nitro benzene ring substituents is 1. The van der Waals surface area contributed by atoms with Crippen molar-refractivity contribution in [2.24, 2.45) is 0 Å². The van der Waals surface area contributed by atoms with Crippen LogP contribution in [-0.2, 0) is 9.53 Å². The minimum Gasteiger partial charge on any atom is -0.466 e. The van der Waals surface area contributed by atoms with E-state index in [0.29, 0.717) is 31.1 Å². The first-order valence-electron chi connectivity index (χ1n) is 6.49. The minimum absolute atomic E-state index is 0.00193. The Bertz CT molecular complexity index is 477. The Kier molecular flexibility index (Phi) is 6.28. The third-order valence-corrected chi connectivity index (χ3v) is 2.47. The Morgan fingerprint density at radius 2 is 1.90 bits per heavy atom. The molecule has 0 radical (unpaired) electrons. The summed E-state index contributed by atoms with van der Waals surface area (Å²) in [7, 11) is 0. The van der Waals surface area contributed by atoms with Crippen LogP contribution in [0.15, 0.2) is 18.2 Å². The van der Waals surface area contributed by atoms with Crippen LogP contribution in [0.25, 0.3) is 0 Å². The van der Waals surface area contributed by atoms with E-state index in [4.69, 9.17) is 4.74 Å². The molecule has 0 amide bonds. The molecule has 0 bridgehead atoms. The highest BCUT2D eigenvalue weighted by Gasteiger charge is 2.10. The van der Waals surface area contributed by atoms with Crippen LogP contribution < -0.4 is 10.6 Å². The van der Waals surface area contributed by atoms with Crippen LogP contribution in [0.4, 0.5) is 17.1 Å². The van der Waals surface area contributed by atoms with Crippen molar-refractivity contribution >= 4 is 23.0 Å². The van der Waals surface area contributed by atoms with Gasteiger partial charge in [0.15, 0.2) is 0 Å². The number of carbonyl (C=O) groups is 1. The summed E-state index contributed by atoms with van der Waals surface area (Å²) >= 11 is 0. The fourth-order valence-corrected chi connectivity index (χ4v) is 1.67. The highest BCUT2D eigenvalue weighted by Crippen LogP contribution is 2.24. The molecule has 0 atom stereocenters. The lowest BCUT2D eigenvalue weighted by atomic mass is 10.2. The van der Waals surface area contributed by atoms with Gasteiger partial charge >= 0.3 is 5.97 Å². The van der Waals surface area contributed by atoms with E-state index < -0.39 is 4.92 Å². The molecule has 0 aliphatic carbocycles. The summed E-state index contributed by atoms with van der Waals surface area (Å²) < 4.78 is 4.80. The summed E-state index contributed by atoms with van der Waals surface area (Å²) in [6.07, 6.45) is 0.215. The van der Waals surface area contributed by atoms with E-state index in [9.17, 15) is 14.9 Å². The first-order chi connectivity index (χ1) is 9.56. The minimum atomic E-state index is -0.447. The number of hydrogen-bond acceptors (Lipinski definition) is 6. The van der Waals surface area contributed by atoms with E-state index in [1.54, 1.807) is 13.0 Å². The van der Waals surface area contributed by atoms with Gasteiger partial charge in [0.25, 0.3) is 5.69 Å². The second-order valence-corrected chi connectivity index (χ2v) is 4.04. The van der Waals surface area contributed by atoms with Gasteiger partial charge in [-0.25, -0.2) is 0 Å². The number of hydrogen-bond donors (Lipinski definition) is 2. The number of benzene rings is 1. The van der Waals surface area contributed by atoms with Gasteiger partial charge in [-0.1, -0.05) is 0 Å². The van der Waals surface area contributed by atoms with Crippen molar-refractivity contribution in [3.05, 3.63) is 28.3 Å². The molecule has 0 spiro atoms. The maximum absolute atomic E-state index is 11.2. The van der Waals surface area contributed by atoms with Crippen molar-refractivity contribution in [2.45, 2.75) is 20.3 Å². The molecular formula is C13H19N3O4. The zero-order valence-corrected chi connectivity index (χ0v) is 11.6. The SMILES string of the molecule is CCNc1cc(NCCC(=O)OCC)cc([N+](=O)[O-])c1. The van der Waals surface area contributed by atoms with E-state index in [-0.39, 0.29) is 18.1 Å². The van der Waals surface area contributed by atoms with E-state index in [0.717, 1.165) is 0 Å². The quantitative estimate of drug-likeness (QED) is 0.431. The zero-order chi connectivity index (χ0) is 15.0. The molecule has 1 aromatic rings. The highest BCUT2D eigenvalue weighted by atomic mass is 16.6. The molecule has 1 rings (SSSR count). The predicted octanol–water partition coefficient (Wildman–Crippen LogP) is 2.39. The molecule has 7 nitrogen and oxygen atoms in total. The lowest BCUT2D eigenvalue weighted by molar-refractivity contribution is -0.384. The van der Waals surface area contributed by atoms with Gasteiger partial charge in [-0.2, -0.15) is 0 Å². The topological polar surface area (TPSA) is 93.5 Å². The molecule has 0 heterocycles. The molecule has 20 heavy (non-hydrogen) atoms. The number of anilines is 2. The second-order valence-electron chi connectivity index (χ2n) is 4.04. The second kappa shape index (κ2) is 7.98. The molecule has 0 fully saturated rings. The van der Waals surface area contributed by atoms with Crippen LogP contribution in [0.1, 0.15) is 20.3 Å². The smallest absolute Gasteiger partial charge is 0.307 e. The Labute approximate surface area is 117 Å². The first kappa shape index (κ1) is 15.7. The maximum atomic E-state index is 11.2. The molecule has 0 aromatic heterocycles. The third kappa shape index (κ3) is 5.13. The van der Waals surface area contributed by atoms with Crippen molar-refractivity contribution in [1.29, 1.82) is 0 Å².